The van der Waals surface area contributed by atoms with Gasteiger partial charge in [-0.25, -0.2) is 8.42 Å². The molecule has 0 aromatic heterocycles. The molecule has 0 fully saturated rings. The SMILES string of the molecule is Cc1ccc(S(=O)(=O)C(c2ccc(C(F)(F)F)cc2)c2cc(C(C)(C)C)c(O)c(C(C)(C)C)c2)cc1. The predicted octanol–water partition coefficient (Wildman–Crippen LogP) is 7.88. The standard InChI is InChI=1S/C29H33F3O3S/c1-18-8-14-22(15-9-18)36(34,35)26(19-10-12-21(13-11-19)29(30,31)32)20-16-23(27(2,3)4)25(33)24(17-20)28(5,6)7/h8-17,26,33H,1-7H3. The minimum Gasteiger partial charge on any atom is -0.507 e. The van der Waals surface area contributed by atoms with Gasteiger partial charge in [-0.1, -0.05) is 71.4 Å². The molecule has 3 rings (SSSR count). The van der Waals surface area contributed by atoms with Crippen molar-refractivity contribution in [1.29, 1.82) is 0 Å². The van der Waals surface area contributed by atoms with Crippen LogP contribution in [0, 0.1) is 6.92 Å². The normalized spacial score (nSPS) is 14.1. The molecule has 1 N–H and O–H groups in total. The van der Waals surface area contributed by atoms with Crippen molar-refractivity contribution in [1.82, 2.24) is 0 Å². The number of phenolic OH excluding ortho intramolecular Hbond substituents is 1. The van der Waals surface area contributed by atoms with Gasteiger partial charge in [0.15, 0.2) is 9.84 Å². The Morgan fingerprint density at radius 2 is 1.17 bits per heavy atom. The van der Waals surface area contributed by atoms with Crippen molar-refractivity contribution in [2.45, 2.75) is 75.6 Å². The van der Waals surface area contributed by atoms with Crippen molar-refractivity contribution in [2.75, 3.05) is 0 Å². The molecule has 0 aliphatic carbocycles. The van der Waals surface area contributed by atoms with Crippen molar-refractivity contribution in [3.05, 3.63) is 94.0 Å². The van der Waals surface area contributed by atoms with Crippen LogP contribution in [0.15, 0.2) is 65.6 Å². The van der Waals surface area contributed by atoms with Gasteiger partial charge in [0.05, 0.1) is 10.5 Å². The summed E-state index contributed by atoms with van der Waals surface area (Å²) in [7, 11) is -4.07. The molecule has 1 atom stereocenters. The van der Waals surface area contributed by atoms with Gasteiger partial charge in [0.25, 0.3) is 0 Å². The number of hydrogen-bond donors (Lipinski definition) is 1. The molecule has 0 spiro atoms. The number of sulfone groups is 1. The lowest BCUT2D eigenvalue weighted by atomic mass is 9.78. The summed E-state index contributed by atoms with van der Waals surface area (Å²) in [5.74, 6) is 0.0950. The summed E-state index contributed by atoms with van der Waals surface area (Å²) in [6.07, 6.45) is -4.54. The maximum atomic E-state index is 14.0. The fourth-order valence-electron chi connectivity index (χ4n) is 4.21. The first-order chi connectivity index (χ1) is 16.3. The highest BCUT2D eigenvalue weighted by Crippen LogP contribution is 2.44. The van der Waals surface area contributed by atoms with E-state index in [4.69, 9.17) is 0 Å². The molecule has 0 saturated carbocycles. The van der Waals surface area contributed by atoms with Crippen LogP contribution < -0.4 is 0 Å². The third-order valence-corrected chi connectivity index (χ3v) is 8.35. The van der Waals surface area contributed by atoms with E-state index in [2.05, 4.69) is 0 Å². The Bertz CT molecular complexity index is 1310. The van der Waals surface area contributed by atoms with Gasteiger partial charge >= 0.3 is 6.18 Å². The molecule has 194 valence electrons. The molecule has 3 aromatic rings. The van der Waals surface area contributed by atoms with Gasteiger partial charge < -0.3 is 5.11 Å². The average Bonchev–Trinajstić information content (AvgIpc) is 2.73. The third-order valence-electron chi connectivity index (χ3n) is 6.25. The second kappa shape index (κ2) is 9.25. The lowest BCUT2D eigenvalue weighted by Gasteiger charge is -2.30. The first-order valence-corrected chi connectivity index (χ1v) is 13.2. The van der Waals surface area contributed by atoms with Crippen LogP contribution in [-0.4, -0.2) is 13.5 Å². The van der Waals surface area contributed by atoms with E-state index in [0.717, 1.165) is 17.7 Å². The summed E-state index contributed by atoms with van der Waals surface area (Å²) in [5, 5.41) is 9.87. The van der Waals surface area contributed by atoms with Crippen LogP contribution in [0.2, 0.25) is 0 Å². The summed E-state index contributed by atoms with van der Waals surface area (Å²) >= 11 is 0. The van der Waals surface area contributed by atoms with Gasteiger partial charge in [0.1, 0.15) is 11.0 Å². The zero-order valence-corrected chi connectivity index (χ0v) is 22.5. The summed E-state index contributed by atoms with van der Waals surface area (Å²) in [5.41, 5.74) is 0.749. The Balaban J connectivity index is 2.38. The molecule has 0 heterocycles. The molecule has 3 aromatic carbocycles. The third kappa shape index (κ3) is 5.61. The lowest BCUT2D eigenvalue weighted by Crippen LogP contribution is -2.21. The summed E-state index contributed by atoms with van der Waals surface area (Å²) < 4.78 is 67.8. The van der Waals surface area contributed by atoms with Crippen LogP contribution >= 0.6 is 0 Å². The average molecular weight is 519 g/mol. The molecular formula is C29H33F3O3S. The van der Waals surface area contributed by atoms with E-state index in [1.165, 1.54) is 24.3 Å². The molecule has 7 heteroatoms. The van der Waals surface area contributed by atoms with Crippen molar-refractivity contribution in [3.8, 4) is 5.75 Å². The first-order valence-electron chi connectivity index (χ1n) is 11.7. The van der Waals surface area contributed by atoms with E-state index in [-0.39, 0.29) is 16.2 Å². The van der Waals surface area contributed by atoms with E-state index in [1.54, 1.807) is 24.3 Å². The lowest BCUT2D eigenvalue weighted by molar-refractivity contribution is -0.137. The molecule has 0 saturated heterocycles. The number of hydrogen-bond acceptors (Lipinski definition) is 3. The summed E-state index contributed by atoms with van der Waals surface area (Å²) in [4.78, 5) is 0.0701. The van der Waals surface area contributed by atoms with Crippen molar-refractivity contribution in [2.24, 2.45) is 0 Å². The second-order valence-corrected chi connectivity index (χ2v) is 13.4. The van der Waals surface area contributed by atoms with E-state index in [1.807, 2.05) is 48.5 Å². The molecule has 0 bridgehead atoms. The molecule has 0 aliphatic heterocycles. The Hall–Kier alpha value is -2.80. The Kier molecular flexibility index (Phi) is 7.14. The highest BCUT2D eigenvalue weighted by Gasteiger charge is 2.36. The first kappa shape index (κ1) is 27.8. The summed E-state index contributed by atoms with van der Waals surface area (Å²) in [6, 6.07) is 14.0. The number of halogens is 3. The smallest absolute Gasteiger partial charge is 0.416 e. The quantitative estimate of drug-likeness (QED) is 0.382. The predicted molar refractivity (Wildman–Crippen MR) is 137 cm³/mol. The number of rotatable bonds is 4. The summed E-state index contributed by atoms with van der Waals surface area (Å²) in [6.45, 7) is 13.3. The van der Waals surface area contributed by atoms with E-state index in [0.29, 0.717) is 16.7 Å². The molecule has 36 heavy (non-hydrogen) atoms. The molecule has 0 aliphatic rings. The fraction of sp³-hybridized carbons (Fsp3) is 0.379. The Labute approximate surface area is 211 Å². The van der Waals surface area contributed by atoms with E-state index < -0.39 is 37.7 Å². The molecule has 3 nitrogen and oxygen atoms in total. The highest BCUT2D eigenvalue weighted by molar-refractivity contribution is 7.91. The van der Waals surface area contributed by atoms with Crippen LogP contribution in [0.1, 0.15) is 80.2 Å². The number of aryl methyl sites for hydroxylation is 1. The van der Waals surface area contributed by atoms with Crippen LogP contribution in [0.5, 0.6) is 5.75 Å². The van der Waals surface area contributed by atoms with Gasteiger partial charge in [-0.2, -0.15) is 13.2 Å². The number of aromatic hydroxyl groups is 1. The Morgan fingerprint density at radius 1 is 0.722 bits per heavy atom. The minimum atomic E-state index is -4.54. The fourth-order valence-corrected chi connectivity index (χ4v) is 6.01. The molecule has 0 amide bonds. The maximum absolute atomic E-state index is 14.0. The number of alkyl halides is 3. The van der Waals surface area contributed by atoms with Crippen LogP contribution in [-0.2, 0) is 26.8 Å². The van der Waals surface area contributed by atoms with E-state index >= 15 is 0 Å². The van der Waals surface area contributed by atoms with Crippen molar-refractivity contribution < 1.29 is 26.7 Å². The molecule has 0 radical (unpaired) electrons. The number of benzene rings is 3. The molecular weight excluding hydrogens is 485 g/mol. The Morgan fingerprint density at radius 3 is 1.56 bits per heavy atom. The molecule has 1 unspecified atom stereocenters. The largest absolute Gasteiger partial charge is 0.507 e. The van der Waals surface area contributed by atoms with Crippen molar-refractivity contribution >= 4 is 9.84 Å². The van der Waals surface area contributed by atoms with Crippen LogP contribution in [0.3, 0.4) is 0 Å². The second-order valence-electron chi connectivity index (χ2n) is 11.3. The number of phenols is 1. The van der Waals surface area contributed by atoms with Crippen LogP contribution in [0.25, 0.3) is 0 Å². The maximum Gasteiger partial charge on any atom is 0.416 e. The van der Waals surface area contributed by atoms with Gasteiger partial charge in [-0.05, 0) is 76.4 Å². The van der Waals surface area contributed by atoms with Gasteiger partial charge in [-0.15, -0.1) is 0 Å². The van der Waals surface area contributed by atoms with E-state index in [9.17, 15) is 26.7 Å². The van der Waals surface area contributed by atoms with Crippen LogP contribution in [0.4, 0.5) is 13.2 Å². The topological polar surface area (TPSA) is 54.4 Å². The zero-order valence-electron chi connectivity index (χ0n) is 21.7. The van der Waals surface area contributed by atoms with Gasteiger partial charge in [0, 0.05) is 0 Å². The minimum absolute atomic E-state index is 0.0701. The zero-order chi connectivity index (χ0) is 27.3. The van der Waals surface area contributed by atoms with Gasteiger partial charge in [0.2, 0.25) is 0 Å². The van der Waals surface area contributed by atoms with Gasteiger partial charge in [-0.3, -0.25) is 0 Å². The monoisotopic (exact) mass is 518 g/mol. The van der Waals surface area contributed by atoms with Crippen molar-refractivity contribution in [3.63, 3.8) is 0 Å². The highest BCUT2D eigenvalue weighted by atomic mass is 32.2.